The Bertz CT molecular complexity index is 679. The van der Waals surface area contributed by atoms with E-state index in [4.69, 9.17) is 0 Å². The van der Waals surface area contributed by atoms with Gasteiger partial charge < -0.3 is 20.1 Å². The zero-order valence-electron chi connectivity index (χ0n) is 14.7. The number of anilines is 1. The number of H-pyrrole nitrogens is 1. The molecule has 1 fully saturated rings. The van der Waals surface area contributed by atoms with Gasteiger partial charge in [-0.25, -0.2) is 9.97 Å². The third-order valence-electron chi connectivity index (χ3n) is 5.49. The van der Waals surface area contributed by atoms with Crippen molar-refractivity contribution < 1.29 is 10.2 Å². The van der Waals surface area contributed by atoms with Crippen LogP contribution in [0.4, 0.5) is 5.82 Å². The Hall–Kier alpha value is -1.66. The van der Waals surface area contributed by atoms with Crippen LogP contribution in [0.15, 0.2) is 18.6 Å². The molecule has 3 atom stereocenters. The van der Waals surface area contributed by atoms with Gasteiger partial charge in [-0.15, -0.1) is 0 Å². The summed E-state index contributed by atoms with van der Waals surface area (Å²) in [6.07, 6.45) is 6.42. The maximum absolute atomic E-state index is 10.6. The fourth-order valence-corrected chi connectivity index (χ4v) is 4.32. The van der Waals surface area contributed by atoms with Crippen LogP contribution in [0.2, 0.25) is 0 Å². The molecule has 0 aliphatic heterocycles. The third kappa shape index (κ3) is 3.13. The molecular formula is C18H28N4O2. The van der Waals surface area contributed by atoms with Gasteiger partial charge in [-0.05, 0) is 44.6 Å². The SMILES string of the molecule is CCC1CC(N(CCO)c2ncnc3[nH]ccc23)CC1C(C)(C)O. The Kier molecular flexibility index (Phi) is 4.78. The normalized spacial score (nSPS) is 24.6. The largest absolute Gasteiger partial charge is 0.395 e. The van der Waals surface area contributed by atoms with Crippen molar-refractivity contribution in [3.63, 3.8) is 0 Å². The molecule has 3 rings (SSSR count). The molecule has 2 heterocycles. The average Bonchev–Trinajstić information content (AvgIpc) is 3.18. The first kappa shape index (κ1) is 17.2. The summed E-state index contributed by atoms with van der Waals surface area (Å²) in [5, 5.41) is 21.1. The second kappa shape index (κ2) is 6.69. The molecule has 0 amide bonds. The number of fused-ring (bicyclic) bond motifs is 1. The lowest BCUT2D eigenvalue weighted by Gasteiger charge is -2.32. The number of nitrogens with one attached hydrogen (secondary N) is 1. The van der Waals surface area contributed by atoms with Gasteiger partial charge in [-0.2, -0.15) is 0 Å². The summed E-state index contributed by atoms with van der Waals surface area (Å²) in [6.45, 7) is 6.63. The van der Waals surface area contributed by atoms with Crippen molar-refractivity contribution >= 4 is 16.9 Å². The molecule has 24 heavy (non-hydrogen) atoms. The Morgan fingerprint density at radius 1 is 1.33 bits per heavy atom. The topological polar surface area (TPSA) is 85.3 Å². The lowest BCUT2D eigenvalue weighted by molar-refractivity contribution is -0.000936. The van der Waals surface area contributed by atoms with E-state index in [2.05, 4.69) is 26.8 Å². The summed E-state index contributed by atoms with van der Waals surface area (Å²) in [4.78, 5) is 14.1. The van der Waals surface area contributed by atoms with Gasteiger partial charge in [0, 0.05) is 18.8 Å². The van der Waals surface area contributed by atoms with Gasteiger partial charge >= 0.3 is 0 Å². The van der Waals surface area contributed by atoms with E-state index in [1.165, 1.54) is 0 Å². The fraction of sp³-hybridized carbons (Fsp3) is 0.667. The first-order valence-corrected chi connectivity index (χ1v) is 8.83. The van der Waals surface area contributed by atoms with Gasteiger partial charge in [0.1, 0.15) is 17.8 Å². The Morgan fingerprint density at radius 2 is 2.12 bits per heavy atom. The van der Waals surface area contributed by atoms with Crippen LogP contribution in [0.3, 0.4) is 0 Å². The summed E-state index contributed by atoms with van der Waals surface area (Å²) in [7, 11) is 0. The summed E-state index contributed by atoms with van der Waals surface area (Å²) in [5.74, 6) is 1.61. The molecule has 3 N–H and O–H groups in total. The number of aliphatic hydroxyl groups is 2. The molecule has 0 aromatic carbocycles. The Labute approximate surface area is 142 Å². The van der Waals surface area contributed by atoms with Crippen LogP contribution < -0.4 is 4.90 Å². The zero-order chi connectivity index (χ0) is 17.3. The second-order valence-corrected chi connectivity index (χ2v) is 7.41. The van der Waals surface area contributed by atoms with Crippen LogP contribution in [0.1, 0.15) is 40.0 Å². The molecule has 2 aromatic rings. The van der Waals surface area contributed by atoms with Crippen molar-refractivity contribution in [1.82, 2.24) is 15.0 Å². The van der Waals surface area contributed by atoms with E-state index in [1.54, 1.807) is 6.33 Å². The van der Waals surface area contributed by atoms with Crippen LogP contribution >= 0.6 is 0 Å². The highest BCUT2D eigenvalue weighted by molar-refractivity contribution is 5.87. The highest BCUT2D eigenvalue weighted by Crippen LogP contribution is 2.44. The van der Waals surface area contributed by atoms with Gasteiger partial charge in [0.15, 0.2) is 0 Å². The van der Waals surface area contributed by atoms with Gasteiger partial charge in [0.05, 0.1) is 17.6 Å². The molecule has 1 aliphatic rings. The highest BCUT2D eigenvalue weighted by Gasteiger charge is 2.43. The maximum Gasteiger partial charge on any atom is 0.142 e. The van der Waals surface area contributed by atoms with Crippen LogP contribution in [0.25, 0.3) is 11.0 Å². The third-order valence-corrected chi connectivity index (χ3v) is 5.49. The number of aliphatic hydroxyl groups excluding tert-OH is 1. The number of rotatable bonds is 6. The summed E-state index contributed by atoms with van der Waals surface area (Å²) in [6, 6.07) is 2.25. The van der Waals surface area contributed by atoms with Crippen molar-refractivity contribution in [1.29, 1.82) is 0 Å². The van der Waals surface area contributed by atoms with Crippen molar-refractivity contribution in [2.75, 3.05) is 18.1 Å². The molecule has 2 aromatic heterocycles. The fourth-order valence-electron chi connectivity index (χ4n) is 4.32. The standard InChI is InChI=1S/C18H28N4O2/c1-4-12-9-13(10-15(12)18(2,3)24)22(7-8-23)17-14-5-6-19-16(14)20-11-21-17/h5-6,11-13,15,23-24H,4,7-10H2,1-3H3,(H,19,20,21). The van der Waals surface area contributed by atoms with E-state index < -0.39 is 5.60 Å². The summed E-state index contributed by atoms with van der Waals surface area (Å²) < 4.78 is 0. The minimum atomic E-state index is -0.685. The monoisotopic (exact) mass is 332 g/mol. The van der Waals surface area contributed by atoms with E-state index in [9.17, 15) is 10.2 Å². The van der Waals surface area contributed by atoms with E-state index >= 15 is 0 Å². The smallest absolute Gasteiger partial charge is 0.142 e. The van der Waals surface area contributed by atoms with E-state index in [0.717, 1.165) is 36.1 Å². The number of hydrogen-bond donors (Lipinski definition) is 3. The maximum atomic E-state index is 10.6. The predicted molar refractivity (Wildman–Crippen MR) is 94.9 cm³/mol. The van der Waals surface area contributed by atoms with Crippen molar-refractivity contribution in [2.24, 2.45) is 11.8 Å². The van der Waals surface area contributed by atoms with Gasteiger partial charge in [-0.1, -0.05) is 13.3 Å². The van der Waals surface area contributed by atoms with Crippen LogP contribution in [-0.2, 0) is 0 Å². The molecule has 0 radical (unpaired) electrons. The number of aromatic amines is 1. The molecular weight excluding hydrogens is 304 g/mol. The van der Waals surface area contributed by atoms with E-state index in [0.29, 0.717) is 12.5 Å². The number of nitrogens with zero attached hydrogens (tertiary/aromatic N) is 3. The second-order valence-electron chi connectivity index (χ2n) is 7.41. The lowest BCUT2D eigenvalue weighted by Crippen LogP contribution is -2.38. The van der Waals surface area contributed by atoms with Crippen LogP contribution in [-0.4, -0.2) is 50.0 Å². The molecule has 132 valence electrons. The molecule has 1 saturated carbocycles. The predicted octanol–water partition coefficient (Wildman–Crippen LogP) is 2.33. The number of hydrogen-bond acceptors (Lipinski definition) is 5. The molecule has 1 aliphatic carbocycles. The Morgan fingerprint density at radius 3 is 2.75 bits per heavy atom. The number of aromatic nitrogens is 3. The van der Waals surface area contributed by atoms with Crippen molar-refractivity contribution in [2.45, 2.75) is 51.7 Å². The molecule has 6 heteroatoms. The first-order chi connectivity index (χ1) is 11.5. The molecule has 3 unspecified atom stereocenters. The van der Waals surface area contributed by atoms with Gasteiger partial charge in [-0.3, -0.25) is 0 Å². The van der Waals surface area contributed by atoms with Crippen LogP contribution in [0, 0.1) is 11.8 Å². The minimum absolute atomic E-state index is 0.0798. The lowest BCUT2D eigenvalue weighted by atomic mass is 9.81. The molecule has 6 nitrogen and oxygen atoms in total. The first-order valence-electron chi connectivity index (χ1n) is 8.83. The molecule has 0 saturated heterocycles. The summed E-state index contributed by atoms with van der Waals surface area (Å²) >= 11 is 0. The van der Waals surface area contributed by atoms with Crippen LogP contribution in [0.5, 0.6) is 0 Å². The zero-order valence-corrected chi connectivity index (χ0v) is 14.7. The molecule has 0 bridgehead atoms. The minimum Gasteiger partial charge on any atom is -0.395 e. The van der Waals surface area contributed by atoms with Crippen molar-refractivity contribution in [3.05, 3.63) is 18.6 Å². The van der Waals surface area contributed by atoms with Gasteiger partial charge in [0.25, 0.3) is 0 Å². The van der Waals surface area contributed by atoms with Gasteiger partial charge in [0.2, 0.25) is 0 Å². The van der Waals surface area contributed by atoms with E-state index in [1.807, 2.05) is 26.1 Å². The summed E-state index contributed by atoms with van der Waals surface area (Å²) in [5.41, 5.74) is 0.127. The highest BCUT2D eigenvalue weighted by atomic mass is 16.3. The van der Waals surface area contributed by atoms with Crippen molar-refractivity contribution in [3.8, 4) is 0 Å². The Balaban J connectivity index is 1.93. The average molecular weight is 332 g/mol. The van der Waals surface area contributed by atoms with E-state index in [-0.39, 0.29) is 18.6 Å². The molecule has 0 spiro atoms. The quantitative estimate of drug-likeness (QED) is 0.756.